The highest BCUT2D eigenvalue weighted by Crippen LogP contribution is 2.25. The Morgan fingerprint density at radius 2 is 1.80 bits per heavy atom. The summed E-state index contributed by atoms with van der Waals surface area (Å²) in [5, 5.41) is 15.4. The minimum absolute atomic E-state index is 0.116. The molecule has 0 atom stereocenters. The number of carbonyl (C=O) groups is 1. The number of allylic oxidation sites excluding steroid dienone is 2. The van der Waals surface area contributed by atoms with Gasteiger partial charge in [-0.2, -0.15) is 5.26 Å². The van der Waals surface area contributed by atoms with E-state index in [2.05, 4.69) is 38.6 Å². The van der Waals surface area contributed by atoms with Crippen LogP contribution >= 0.6 is 0 Å². The van der Waals surface area contributed by atoms with Crippen molar-refractivity contribution < 1.29 is 4.79 Å². The van der Waals surface area contributed by atoms with Crippen LogP contribution in [0.5, 0.6) is 0 Å². The fourth-order valence-corrected chi connectivity index (χ4v) is 3.42. The first-order chi connectivity index (χ1) is 16.8. The number of aliphatic imine (C=N–C) groups is 1. The van der Waals surface area contributed by atoms with Gasteiger partial charge in [-0.05, 0) is 49.1 Å². The van der Waals surface area contributed by atoms with Crippen LogP contribution in [0.25, 0.3) is 11.1 Å². The molecular weight excluding hydrogens is 436 g/mol. The molecule has 0 bridgehead atoms. The Hall–Kier alpha value is -4.31. The molecule has 3 aromatic rings. The third-order valence-corrected chi connectivity index (χ3v) is 5.40. The second kappa shape index (κ2) is 11.7. The van der Waals surface area contributed by atoms with Crippen molar-refractivity contribution in [2.24, 2.45) is 4.99 Å². The number of nitriles is 1. The Kier molecular flexibility index (Phi) is 8.47. The van der Waals surface area contributed by atoms with Crippen LogP contribution in [-0.2, 0) is 16.6 Å². The van der Waals surface area contributed by atoms with E-state index in [9.17, 15) is 10.1 Å². The lowest BCUT2D eigenvalue weighted by molar-refractivity contribution is -0.115. The second-order valence-electron chi connectivity index (χ2n) is 8.61. The van der Waals surface area contributed by atoms with Gasteiger partial charge in [0.15, 0.2) is 0 Å². The van der Waals surface area contributed by atoms with Crippen LogP contribution in [-0.4, -0.2) is 29.1 Å². The van der Waals surface area contributed by atoms with Gasteiger partial charge in [-0.25, -0.2) is 9.97 Å². The van der Waals surface area contributed by atoms with Gasteiger partial charge in [0, 0.05) is 36.9 Å². The van der Waals surface area contributed by atoms with Gasteiger partial charge in [0.05, 0.1) is 23.6 Å². The topological polar surface area (TPSA) is 103 Å². The Balaban J connectivity index is 1.62. The van der Waals surface area contributed by atoms with E-state index in [1.807, 2.05) is 68.5 Å². The summed E-state index contributed by atoms with van der Waals surface area (Å²) in [6, 6.07) is 17.5. The minimum atomic E-state index is -0.618. The zero-order valence-corrected chi connectivity index (χ0v) is 20.5. The highest BCUT2D eigenvalue weighted by atomic mass is 16.1. The van der Waals surface area contributed by atoms with E-state index in [1.54, 1.807) is 25.7 Å². The molecule has 0 unspecified atom stereocenters. The molecule has 0 saturated heterocycles. The molecule has 0 fully saturated rings. The number of carbonyl (C=O) groups excluding carboxylic acids is 1. The third-order valence-electron chi connectivity index (χ3n) is 5.40. The summed E-state index contributed by atoms with van der Waals surface area (Å²) in [6.45, 7) is 5.76. The van der Waals surface area contributed by atoms with E-state index in [4.69, 9.17) is 0 Å². The largest absolute Gasteiger partial charge is 0.326 e. The van der Waals surface area contributed by atoms with Crippen molar-refractivity contribution >= 4 is 23.8 Å². The number of benzene rings is 2. The van der Waals surface area contributed by atoms with Gasteiger partial charge in [-0.3, -0.25) is 9.79 Å². The summed E-state index contributed by atoms with van der Waals surface area (Å²) in [5.41, 5.74) is 4.52. The maximum absolute atomic E-state index is 12.6. The molecule has 7 heteroatoms. The summed E-state index contributed by atoms with van der Waals surface area (Å²) in [5.74, 6) is 0.388. The Bertz CT molecular complexity index is 1250. The molecule has 7 nitrogen and oxygen atoms in total. The summed E-state index contributed by atoms with van der Waals surface area (Å²) in [6.07, 6.45) is 8.40. The van der Waals surface area contributed by atoms with E-state index in [1.165, 1.54) is 0 Å². The molecule has 1 heterocycles. The molecule has 1 amide bonds. The quantitative estimate of drug-likeness (QED) is 0.404. The van der Waals surface area contributed by atoms with Crippen molar-refractivity contribution in [2.75, 3.05) is 17.7 Å². The lowest BCUT2D eigenvalue weighted by Gasteiger charge is -2.17. The van der Waals surface area contributed by atoms with Gasteiger partial charge in [0.25, 0.3) is 0 Å². The molecule has 0 radical (unpaired) electrons. The lowest BCUT2D eigenvalue weighted by Crippen LogP contribution is -2.17. The molecule has 0 saturated carbocycles. The fraction of sp³-hybridized carbons (Fsp3) is 0.250. The van der Waals surface area contributed by atoms with Crippen molar-refractivity contribution in [3.8, 4) is 17.2 Å². The average molecular weight is 467 g/mol. The molecule has 1 aromatic heterocycles. The summed E-state index contributed by atoms with van der Waals surface area (Å²) in [7, 11) is 1.72. The second-order valence-corrected chi connectivity index (χ2v) is 8.61. The normalized spacial score (nSPS) is 11.8. The van der Waals surface area contributed by atoms with Crippen molar-refractivity contribution in [2.45, 2.75) is 39.0 Å². The number of hydrogen-bond acceptors (Lipinski definition) is 6. The Labute approximate surface area is 206 Å². The van der Waals surface area contributed by atoms with Crippen molar-refractivity contribution in [1.29, 1.82) is 5.26 Å². The molecule has 0 spiro atoms. The maximum atomic E-state index is 12.6. The Morgan fingerprint density at radius 1 is 1.09 bits per heavy atom. The van der Waals surface area contributed by atoms with Gasteiger partial charge in [-0.15, -0.1) is 0 Å². The number of aromatic nitrogens is 2. The van der Waals surface area contributed by atoms with E-state index in [-0.39, 0.29) is 12.3 Å². The van der Waals surface area contributed by atoms with Crippen molar-refractivity contribution in [3.63, 3.8) is 0 Å². The number of anilines is 2. The van der Waals surface area contributed by atoms with Gasteiger partial charge in [0.1, 0.15) is 0 Å². The highest BCUT2D eigenvalue weighted by molar-refractivity contribution is 5.92. The first-order valence-corrected chi connectivity index (χ1v) is 11.5. The van der Waals surface area contributed by atoms with Crippen LogP contribution in [0, 0.1) is 11.3 Å². The Morgan fingerprint density at radius 3 is 2.43 bits per heavy atom. The minimum Gasteiger partial charge on any atom is -0.326 e. The van der Waals surface area contributed by atoms with Crippen LogP contribution < -0.4 is 10.6 Å². The summed E-state index contributed by atoms with van der Waals surface area (Å²) < 4.78 is 0. The van der Waals surface area contributed by atoms with E-state index in [0.29, 0.717) is 11.6 Å². The summed E-state index contributed by atoms with van der Waals surface area (Å²) >= 11 is 0. The van der Waals surface area contributed by atoms with Crippen LogP contribution in [0.2, 0.25) is 0 Å². The third kappa shape index (κ3) is 7.08. The molecule has 178 valence electrons. The lowest BCUT2D eigenvalue weighted by atomic mass is 9.86. The molecule has 0 aliphatic carbocycles. The summed E-state index contributed by atoms with van der Waals surface area (Å²) in [4.78, 5) is 25.4. The number of hydrogen-bond donors (Lipinski definition) is 2. The van der Waals surface area contributed by atoms with Gasteiger partial charge >= 0.3 is 0 Å². The van der Waals surface area contributed by atoms with Crippen molar-refractivity contribution in [1.82, 2.24) is 9.97 Å². The van der Waals surface area contributed by atoms with Gasteiger partial charge in [-0.1, -0.05) is 49.4 Å². The number of nitrogens with zero attached hydrogens (tertiary/aromatic N) is 4. The standard InChI is InChI=1S/C28H30N6O/c1-5-7-25(18-30-4)34-27-31-16-22(17-32-27)21-12-10-20(11-13-21)14-26(35)33-24-9-6-8-23(15-24)28(2,3)19-29/h6-13,15-18H,5,14H2,1-4H3,(H,33,35)(H,31,32,34)/b25-7+,30-18-. The molecule has 2 N–H and O–H groups in total. The van der Waals surface area contributed by atoms with Crippen LogP contribution in [0.1, 0.15) is 38.3 Å². The monoisotopic (exact) mass is 466 g/mol. The molecule has 3 rings (SSSR count). The van der Waals surface area contributed by atoms with Gasteiger partial charge in [0.2, 0.25) is 11.9 Å². The average Bonchev–Trinajstić information content (AvgIpc) is 2.85. The van der Waals surface area contributed by atoms with E-state index < -0.39 is 5.41 Å². The molecule has 0 aliphatic rings. The van der Waals surface area contributed by atoms with Crippen molar-refractivity contribution in [3.05, 3.63) is 83.8 Å². The maximum Gasteiger partial charge on any atom is 0.228 e. The van der Waals surface area contributed by atoms with Crippen LogP contribution in [0.15, 0.2) is 77.7 Å². The first-order valence-electron chi connectivity index (χ1n) is 11.5. The first kappa shape index (κ1) is 25.3. The molecule has 2 aromatic carbocycles. The zero-order chi connectivity index (χ0) is 25.3. The molecule has 35 heavy (non-hydrogen) atoms. The predicted octanol–water partition coefficient (Wildman–Crippen LogP) is 5.53. The fourth-order valence-electron chi connectivity index (χ4n) is 3.42. The SMILES string of the molecule is CC/C=C(\C=N/C)Nc1ncc(-c2ccc(CC(=O)Nc3cccc(C(C)(C)C#N)c3)cc2)cn1. The van der Waals surface area contributed by atoms with Crippen LogP contribution in [0.4, 0.5) is 11.6 Å². The highest BCUT2D eigenvalue weighted by Gasteiger charge is 2.20. The van der Waals surface area contributed by atoms with Crippen LogP contribution in [0.3, 0.4) is 0 Å². The predicted molar refractivity (Wildman–Crippen MR) is 141 cm³/mol. The van der Waals surface area contributed by atoms with E-state index in [0.717, 1.165) is 34.4 Å². The zero-order valence-electron chi connectivity index (χ0n) is 20.5. The van der Waals surface area contributed by atoms with E-state index >= 15 is 0 Å². The molecule has 0 aliphatic heterocycles. The number of amides is 1. The molecular formula is C28H30N6O. The smallest absolute Gasteiger partial charge is 0.228 e. The number of nitrogens with one attached hydrogen (secondary N) is 2. The number of rotatable bonds is 9. The van der Waals surface area contributed by atoms with Gasteiger partial charge < -0.3 is 10.6 Å².